The maximum Gasteiger partial charge on any atom is 0.305 e. The highest BCUT2D eigenvalue weighted by molar-refractivity contribution is 5.93. The minimum absolute atomic E-state index is 0.292. The van der Waals surface area contributed by atoms with Crippen LogP contribution in [0.2, 0.25) is 0 Å². The van der Waals surface area contributed by atoms with Gasteiger partial charge < -0.3 is 9.88 Å². The van der Waals surface area contributed by atoms with Gasteiger partial charge in [-0.2, -0.15) is 4.39 Å². The first kappa shape index (κ1) is 15.0. The molecule has 7 nitrogen and oxygen atoms in total. The molecule has 0 amide bonds. The summed E-state index contributed by atoms with van der Waals surface area (Å²) in [5.41, 5.74) is 1.48. The van der Waals surface area contributed by atoms with Crippen molar-refractivity contribution in [1.29, 1.82) is 0 Å². The van der Waals surface area contributed by atoms with Crippen molar-refractivity contribution in [2.45, 2.75) is 0 Å². The monoisotopic (exact) mass is 337 g/mol. The summed E-state index contributed by atoms with van der Waals surface area (Å²) < 4.78 is 15.8. The molecular formula is C17H12FN5O2. The summed E-state index contributed by atoms with van der Waals surface area (Å²) in [6.07, 6.45) is 3.25. The average molecular weight is 337 g/mol. The van der Waals surface area contributed by atoms with Crippen LogP contribution in [-0.4, -0.2) is 19.5 Å². The van der Waals surface area contributed by atoms with Gasteiger partial charge in [-0.1, -0.05) is 6.07 Å². The van der Waals surface area contributed by atoms with Crippen LogP contribution in [0.3, 0.4) is 0 Å². The van der Waals surface area contributed by atoms with Crippen molar-refractivity contribution in [2.75, 3.05) is 5.32 Å². The number of nitrogens with zero attached hydrogens (tertiary/aromatic N) is 4. The summed E-state index contributed by atoms with van der Waals surface area (Å²) in [7, 11) is 1.94. The highest BCUT2D eigenvalue weighted by Gasteiger charge is 2.18. The molecule has 124 valence electrons. The minimum Gasteiger partial charge on any atom is -0.350 e. The van der Waals surface area contributed by atoms with E-state index in [1.165, 1.54) is 6.33 Å². The van der Waals surface area contributed by atoms with E-state index in [0.717, 1.165) is 28.7 Å². The van der Waals surface area contributed by atoms with E-state index in [1.807, 2.05) is 42.1 Å². The fourth-order valence-electron chi connectivity index (χ4n) is 2.78. The average Bonchev–Trinajstić information content (AvgIpc) is 2.95. The lowest BCUT2D eigenvalue weighted by Gasteiger charge is -2.09. The van der Waals surface area contributed by atoms with E-state index in [2.05, 4.69) is 15.3 Å². The molecule has 4 rings (SSSR count). The molecule has 0 saturated heterocycles. The van der Waals surface area contributed by atoms with Crippen LogP contribution in [0.15, 0.2) is 48.9 Å². The first-order valence-electron chi connectivity index (χ1n) is 7.44. The summed E-state index contributed by atoms with van der Waals surface area (Å²) in [5, 5.41) is 15.6. The number of rotatable bonds is 3. The standard InChI is InChI=1S/C17H12FN5O2/c1-22-5-4-10-2-3-11(6-15(10)22)21-17-12-7-16(23(24)25)13(18)8-14(12)19-9-20-17/h2-9H,1H3,(H,19,20,21). The number of nitrogens with one attached hydrogen (secondary N) is 1. The van der Waals surface area contributed by atoms with E-state index >= 15 is 0 Å². The quantitative estimate of drug-likeness (QED) is 0.452. The lowest BCUT2D eigenvalue weighted by molar-refractivity contribution is -0.387. The second kappa shape index (κ2) is 5.52. The normalized spacial score (nSPS) is 11.1. The van der Waals surface area contributed by atoms with Gasteiger partial charge in [0.15, 0.2) is 0 Å². The highest BCUT2D eigenvalue weighted by Crippen LogP contribution is 2.29. The molecule has 0 aliphatic heterocycles. The van der Waals surface area contributed by atoms with Crippen LogP contribution in [0, 0.1) is 15.9 Å². The molecule has 0 saturated carbocycles. The molecule has 0 aliphatic carbocycles. The van der Waals surface area contributed by atoms with Gasteiger partial charge >= 0.3 is 5.69 Å². The summed E-state index contributed by atoms with van der Waals surface area (Å²) in [6, 6.07) is 9.98. The molecule has 8 heteroatoms. The van der Waals surface area contributed by atoms with Crippen LogP contribution in [0.5, 0.6) is 0 Å². The Kier molecular flexibility index (Phi) is 3.31. The van der Waals surface area contributed by atoms with Crippen LogP contribution in [0.1, 0.15) is 0 Å². The van der Waals surface area contributed by atoms with E-state index in [1.54, 1.807) is 0 Å². The number of nitro groups is 1. The Labute approximate surface area is 140 Å². The Morgan fingerprint density at radius 3 is 2.84 bits per heavy atom. The van der Waals surface area contributed by atoms with Crippen molar-refractivity contribution in [3.63, 3.8) is 0 Å². The third-order valence-electron chi connectivity index (χ3n) is 4.05. The smallest absolute Gasteiger partial charge is 0.305 e. The van der Waals surface area contributed by atoms with Crippen molar-refractivity contribution in [3.8, 4) is 0 Å². The molecule has 2 aromatic carbocycles. The lowest BCUT2D eigenvalue weighted by atomic mass is 10.2. The van der Waals surface area contributed by atoms with Gasteiger partial charge in [0.25, 0.3) is 0 Å². The zero-order chi connectivity index (χ0) is 17.6. The first-order valence-corrected chi connectivity index (χ1v) is 7.44. The molecule has 0 atom stereocenters. The van der Waals surface area contributed by atoms with Gasteiger partial charge in [-0.15, -0.1) is 0 Å². The molecule has 2 aromatic heterocycles. The van der Waals surface area contributed by atoms with Crippen LogP contribution in [-0.2, 0) is 7.05 Å². The number of aryl methyl sites for hydroxylation is 1. The number of anilines is 2. The Morgan fingerprint density at radius 2 is 2.04 bits per heavy atom. The Morgan fingerprint density at radius 1 is 1.20 bits per heavy atom. The number of hydrogen-bond donors (Lipinski definition) is 1. The van der Waals surface area contributed by atoms with Gasteiger partial charge in [-0.3, -0.25) is 10.1 Å². The largest absolute Gasteiger partial charge is 0.350 e. The topological polar surface area (TPSA) is 85.9 Å². The molecule has 25 heavy (non-hydrogen) atoms. The molecule has 0 fully saturated rings. The van der Waals surface area contributed by atoms with E-state index in [-0.39, 0.29) is 0 Å². The predicted octanol–water partition coefficient (Wildman–Crippen LogP) is 3.91. The fraction of sp³-hybridized carbons (Fsp3) is 0.0588. The van der Waals surface area contributed by atoms with Gasteiger partial charge in [0.2, 0.25) is 5.82 Å². The van der Waals surface area contributed by atoms with Crippen LogP contribution in [0.4, 0.5) is 21.6 Å². The number of aromatic nitrogens is 3. The fourth-order valence-corrected chi connectivity index (χ4v) is 2.78. The Balaban J connectivity index is 1.83. The second-order valence-corrected chi connectivity index (χ2v) is 5.63. The predicted molar refractivity (Wildman–Crippen MR) is 92.4 cm³/mol. The highest BCUT2D eigenvalue weighted by atomic mass is 19.1. The summed E-state index contributed by atoms with van der Waals surface area (Å²) in [6.45, 7) is 0. The van der Waals surface area contributed by atoms with Gasteiger partial charge in [-0.05, 0) is 23.6 Å². The number of halogens is 1. The number of benzene rings is 2. The minimum atomic E-state index is -0.924. The van der Waals surface area contributed by atoms with Crippen molar-refractivity contribution >= 4 is 39.0 Å². The lowest BCUT2D eigenvalue weighted by Crippen LogP contribution is -1.99. The molecule has 0 aliphatic rings. The van der Waals surface area contributed by atoms with Gasteiger partial charge in [0.1, 0.15) is 12.1 Å². The molecule has 0 spiro atoms. The van der Waals surface area contributed by atoms with Crippen molar-refractivity contribution in [2.24, 2.45) is 7.05 Å². The number of hydrogen-bond acceptors (Lipinski definition) is 5. The molecular weight excluding hydrogens is 325 g/mol. The van der Waals surface area contributed by atoms with Crippen LogP contribution >= 0.6 is 0 Å². The van der Waals surface area contributed by atoms with Gasteiger partial charge in [0.05, 0.1) is 15.8 Å². The van der Waals surface area contributed by atoms with E-state index in [9.17, 15) is 14.5 Å². The molecule has 1 N–H and O–H groups in total. The molecule has 2 heterocycles. The summed E-state index contributed by atoms with van der Waals surface area (Å²) in [5.74, 6) is -0.547. The van der Waals surface area contributed by atoms with Gasteiger partial charge in [-0.25, -0.2) is 9.97 Å². The molecule has 4 aromatic rings. The first-order chi connectivity index (χ1) is 12.0. The summed E-state index contributed by atoms with van der Waals surface area (Å²) in [4.78, 5) is 18.4. The zero-order valence-electron chi connectivity index (χ0n) is 13.1. The van der Waals surface area contributed by atoms with Crippen LogP contribution < -0.4 is 5.32 Å². The Hall–Kier alpha value is -3.55. The maximum atomic E-state index is 13.8. The molecule has 0 radical (unpaired) electrons. The maximum absolute atomic E-state index is 13.8. The van der Waals surface area contributed by atoms with E-state index < -0.39 is 16.4 Å². The zero-order valence-corrected chi connectivity index (χ0v) is 13.1. The Bertz CT molecular complexity index is 1140. The second-order valence-electron chi connectivity index (χ2n) is 5.63. The third kappa shape index (κ3) is 2.53. The SMILES string of the molecule is Cn1ccc2ccc(Nc3ncnc4cc(F)c([N+](=O)[O-])cc34)cc21. The molecule has 0 unspecified atom stereocenters. The van der Waals surface area contributed by atoms with Gasteiger partial charge in [0, 0.05) is 36.6 Å². The molecule has 0 bridgehead atoms. The van der Waals surface area contributed by atoms with E-state index in [0.29, 0.717) is 16.7 Å². The van der Waals surface area contributed by atoms with Crippen molar-refractivity contribution < 1.29 is 9.31 Å². The number of nitro benzene ring substituents is 1. The van der Waals surface area contributed by atoms with E-state index in [4.69, 9.17) is 0 Å². The third-order valence-corrected chi connectivity index (χ3v) is 4.05. The van der Waals surface area contributed by atoms with Crippen molar-refractivity contribution in [1.82, 2.24) is 14.5 Å². The number of fused-ring (bicyclic) bond motifs is 2. The van der Waals surface area contributed by atoms with Crippen LogP contribution in [0.25, 0.3) is 21.8 Å². The van der Waals surface area contributed by atoms with Crippen molar-refractivity contribution in [3.05, 3.63) is 64.9 Å². The summed E-state index contributed by atoms with van der Waals surface area (Å²) >= 11 is 0.